The molecule has 0 aliphatic rings. The number of unbranched alkanes of at least 4 members (excludes halogenated alkanes) is 19. The third-order valence-electron chi connectivity index (χ3n) is 9.51. The first-order valence-corrected chi connectivity index (χ1v) is 22.8. The average Bonchev–Trinajstić information content (AvgIpc) is 3.18. The highest BCUT2D eigenvalue weighted by molar-refractivity contribution is 5.71. The SMILES string of the molecule is CC/C=C\C/C=C\C/C=C\C/C=C\CCCCC(=O)OC[C@H](COC(=O)CCCCCCC/C=C\CCCC)OC(=O)CCCCCCCCCCCCC. The Kier molecular flexibility index (Phi) is 41.5. The van der Waals surface area contributed by atoms with E-state index in [9.17, 15) is 14.4 Å². The summed E-state index contributed by atoms with van der Waals surface area (Å²) in [6, 6.07) is 0. The van der Waals surface area contributed by atoms with Crippen LogP contribution in [0.4, 0.5) is 0 Å². The van der Waals surface area contributed by atoms with E-state index in [4.69, 9.17) is 14.2 Å². The van der Waals surface area contributed by atoms with Crippen molar-refractivity contribution in [1.82, 2.24) is 0 Å². The van der Waals surface area contributed by atoms with E-state index in [1.165, 1.54) is 83.5 Å². The molecule has 0 radical (unpaired) electrons. The van der Waals surface area contributed by atoms with Crippen molar-refractivity contribution in [2.24, 2.45) is 0 Å². The largest absolute Gasteiger partial charge is 0.462 e. The second-order valence-corrected chi connectivity index (χ2v) is 14.9. The first-order valence-electron chi connectivity index (χ1n) is 22.8. The quantitative estimate of drug-likeness (QED) is 0.0267. The van der Waals surface area contributed by atoms with E-state index in [-0.39, 0.29) is 31.1 Å². The Morgan fingerprint density at radius 3 is 1.22 bits per heavy atom. The van der Waals surface area contributed by atoms with Gasteiger partial charge < -0.3 is 14.2 Å². The van der Waals surface area contributed by atoms with Crippen molar-refractivity contribution in [3.8, 4) is 0 Å². The van der Waals surface area contributed by atoms with Crippen LogP contribution in [-0.4, -0.2) is 37.2 Å². The van der Waals surface area contributed by atoms with Crippen LogP contribution in [0, 0.1) is 0 Å². The fourth-order valence-electron chi connectivity index (χ4n) is 6.06. The number of allylic oxidation sites excluding steroid dienone is 10. The molecule has 1 atom stereocenters. The van der Waals surface area contributed by atoms with Crippen molar-refractivity contribution < 1.29 is 28.6 Å². The second-order valence-electron chi connectivity index (χ2n) is 14.9. The molecule has 0 saturated heterocycles. The third-order valence-corrected chi connectivity index (χ3v) is 9.51. The predicted octanol–water partition coefficient (Wildman–Crippen LogP) is 14.5. The van der Waals surface area contributed by atoms with Crippen LogP contribution < -0.4 is 0 Å². The summed E-state index contributed by atoms with van der Waals surface area (Å²) in [5.74, 6) is -0.946. The molecular weight excluding hydrogens is 685 g/mol. The van der Waals surface area contributed by atoms with Gasteiger partial charge in [-0.25, -0.2) is 0 Å². The summed E-state index contributed by atoms with van der Waals surface area (Å²) in [6.45, 7) is 6.42. The van der Waals surface area contributed by atoms with Crippen LogP contribution in [0.15, 0.2) is 60.8 Å². The summed E-state index contributed by atoms with van der Waals surface area (Å²) < 4.78 is 16.7. The maximum absolute atomic E-state index is 12.7. The van der Waals surface area contributed by atoms with Gasteiger partial charge in [-0.05, 0) is 77.0 Å². The molecule has 0 bridgehead atoms. The second kappa shape index (κ2) is 43.8. The fourth-order valence-corrected chi connectivity index (χ4v) is 6.06. The maximum atomic E-state index is 12.7. The van der Waals surface area contributed by atoms with Gasteiger partial charge in [0.1, 0.15) is 13.2 Å². The molecule has 55 heavy (non-hydrogen) atoms. The molecule has 0 spiro atoms. The van der Waals surface area contributed by atoms with E-state index in [1.807, 2.05) is 0 Å². The number of rotatable bonds is 40. The molecule has 0 saturated carbocycles. The Labute approximate surface area is 339 Å². The summed E-state index contributed by atoms with van der Waals surface area (Å²) >= 11 is 0. The van der Waals surface area contributed by atoms with Crippen LogP contribution in [0.2, 0.25) is 0 Å². The minimum Gasteiger partial charge on any atom is -0.462 e. The van der Waals surface area contributed by atoms with Gasteiger partial charge in [-0.2, -0.15) is 0 Å². The number of carbonyl (C=O) groups excluding carboxylic acids is 3. The zero-order chi connectivity index (χ0) is 40.1. The molecule has 6 heteroatoms. The first-order chi connectivity index (χ1) is 27.0. The van der Waals surface area contributed by atoms with E-state index in [1.54, 1.807) is 0 Å². The van der Waals surface area contributed by atoms with Crippen molar-refractivity contribution >= 4 is 17.9 Å². The summed E-state index contributed by atoms with van der Waals surface area (Å²) in [6.07, 6.45) is 52.0. The summed E-state index contributed by atoms with van der Waals surface area (Å²) in [5, 5.41) is 0. The molecule has 0 aromatic carbocycles. The fraction of sp³-hybridized carbons (Fsp3) is 0.735. The predicted molar refractivity (Wildman–Crippen MR) is 233 cm³/mol. The summed E-state index contributed by atoms with van der Waals surface area (Å²) in [5.41, 5.74) is 0. The van der Waals surface area contributed by atoms with Crippen molar-refractivity contribution in [1.29, 1.82) is 0 Å². The van der Waals surface area contributed by atoms with E-state index in [0.29, 0.717) is 19.3 Å². The standard InChI is InChI=1S/C49H84O6/c1-4-7-10-13-16-19-22-23-24-25-28-30-33-36-39-42-48(51)54-45-46(55-49(52)43-40-37-34-31-27-21-18-15-12-9-6-3)44-53-47(50)41-38-35-32-29-26-20-17-14-11-8-5-2/h7,10,14,16-17,19,23-24,28,30,46H,4-6,8-9,11-13,15,18,20-22,25-27,29,31-45H2,1-3H3/b10-7-,17-14-,19-16-,24-23-,30-28-/t46-/m0/s1. The number of ether oxygens (including phenoxy) is 3. The van der Waals surface area contributed by atoms with Crippen molar-refractivity contribution in [3.05, 3.63) is 60.8 Å². The topological polar surface area (TPSA) is 78.9 Å². The first kappa shape index (κ1) is 52.1. The van der Waals surface area contributed by atoms with E-state index in [0.717, 1.165) is 89.9 Å². The molecule has 0 aliphatic heterocycles. The average molecular weight is 769 g/mol. The zero-order valence-corrected chi connectivity index (χ0v) is 35.9. The highest BCUT2D eigenvalue weighted by Crippen LogP contribution is 2.14. The van der Waals surface area contributed by atoms with Gasteiger partial charge in [0.2, 0.25) is 0 Å². The lowest BCUT2D eigenvalue weighted by Gasteiger charge is -2.18. The highest BCUT2D eigenvalue weighted by Gasteiger charge is 2.19. The van der Waals surface area contributed by atoms with Crippen LogP contribution in [0.1, 0.15) is 213 Å². The number of hydrogen-bond donors (Lipinski definition) is 0. The Hall–Kier alpha value is -2.89. The smallest absolute Gasteiger partial charge is 0.306 e. The van der Waals surface area contributed by atoms with E-state index >= 15 is 0 Å². The molecule has 0 heterocycles. The Bertz CT molecular complexity index is 1020. The molecule has 6 nitrogen and oxygen atoms in total. The van der Waals surface area contributed by atoms with Gasteiger partial charge >= 0.3 is 17.9 Å². The van der Waals surface area contributed by atoms with E-state index in [2.05, 4.69) is 81.5 Å². The summed E-state index contributed by atoms with van der Waals surface area (Å²) in [7, 11) is 0. The minimum absolute atomic E-state index is 0.0910. The van der Waals surface area contributed by atoms with Gasteiger partial charge in [-0.1, -0.05) is 178 Å². The van der Waals surface area contributed by atoms with Gasteiger partial charge in [0.05, 0.1) is 0 Å². The molecule has 0 aromatic rings. The van der Waals surface area contributed by atoms with Crippen LogP contribution in [0.25, 0.3) is 0 Å². The minimum atomic E-state index is -0.789. The maximum Gasteiger partial charge on any atom is 0.306 e. The molecule has 0 aromatic heterocycles. The molecule has 0 amide bonds. The van der Waals surface area contributed by atoms with Gasteiger partial charge in [0, 0.05) is 19.3 Å². The highest BCUT2D eigenvalue weighted by atomic mass is 16.6. The number of carbonyl (C=O) groups is 3. The van der Waals surface area contributed by atoms with Crippen molar-refractivity contribution in [2.75, 3.05) is 13.2 Å². The molecule has 0 unspecified atom stereocenters. The van der Waals surface area contributed by atoms with Crippen LogP contribution in [-0.2, 0) is 28.6 Å². The molecular formula is C49H84O6. The molecule has 0 fully saturated rings. The van der Waals surface area contributed by atoms with Gasteiger partial charge in [0.15, 0.2) is 6.10 Å². The van der Waals surface area contributed by atoms with Crippen LogP contribution >= 0.6 is 0 Å². The van der Waals surface area contributed by atoms with Gasteiger partial charge in [0.25, 0.3) is 0 Å². The van der Waals surface area contributed by atoms with Crippen molar-refractivity contribution in [2.45, 2.75) is 219 Å². The molecule has 0 aliphatic carbocycles. The summed E-state index contributed by atoms with van der Waals surface area (Å²) in [4.78, 5) is 37.7. The molecule has 0 N–H and O–H groups in total. The lowest BCUT2D eigenvalue weighted by atomic mass is 10.1. The normalized spacial score (nSPS) is 12.6. The van der Waals surface area contributed by atoms with Crippen LogP contribution in [0.3, 0.4) is 0 Å². The Morgan fingerprint density at radius 1 is 0.382 bits per heavy atom. The number of esters is 3. The zero-order valence-electron chi connectivity index (χ0n) is 35.9. The Balaban J connectivity index is 4.45. The van der Waals surface area contributed by atoms with Gasteiger partial charge in [-0.3, -0.25) is 14.4 Å². The van der Waals surface area contributed by atoms with Crippen LogP contribution in [0.5, 0.6) is 0 Å². The van der Waals surface area contributed by atoms with E-state index < -0.39 is 6.10 Å². The number of hydrogen-bond acceptors (Lipinski definition) is 6. The monoisotopic (exact) mass is 769 g/mol. The molecule has 0 rings (SSSR count). The van der Waals surface area contributed by atoms with Crippen molar-refractivity contribution in [3.63, 3.8) is 0 Å². The lowest BCUT2D eigenvalue weighted by molar-refractivity contribution is -0.167. The van der Waals surface area contributed by atoms with Gasteiger partial charge in [-0.15, -0.1) is 0 Å². The lowest BCUT2D eigenvalue weighted by Crippen LogP contribution is -2.30. The third kappa shape index (κ3) is 42.1. The molecule has 316 valence electrons. The Morgan fingerprint density at radius 2 is 0.727 bits per heavy atom.